The van der Waals surface area contributed by atoms with E-state index in [9.17, 15) is 22.8 Å². The number of benzene rings is 2. The number of primary amides is 1. The second-order valence-electron chi connectivity index (χ2n) is 7.16. The van der Waals surface area contributed by atoms with Crippen molar-refractivity contribution in [2.45, 2.75) is 25.1 Å². The monoisotopic (exact) mass is 440 g/mol. The smallest absolute Gasteiger partial charge is 0.416 e. The fraction of sp³-hybridized carbons (Fsp3) is 0.333. The number of nitrogens with zero attached hydrogens (tertiary/aromatic N) is 1. The van der Waals surface area contributed by atoms with E-state index in [0.717, 1.165) is 12.1 Å². The number of likely N-dealkylation sites (tertiary alicyclic amines) is 1. The van der Waals surface area contributed by atoms with Gasteiger partial charge in [0.25, 0.3) is 5.91 Å². The van der Waals surface area contributed by atoms with Crippen LogP contribution in [0.1, 0.15) is 28.8 Å². The number of alkyl halides is 3. The molecule has 30 heavy (non-hydrogen) atoms. The Morgan fingerprint density at radius 2 is 1.87 bits per heavy atom. The molecule has 0 saturated carbocycles. The maximum absolute atomic E-state index is 13.0. The first-order chi connectivity index (χ1) is 14.1. The van der Waals surface area contributed by atoms with Crippen molar-refractivity contribution in [1.82, 2.24) is 4.90 Å². The normalized spacial score (nSPS) is 19.4. The zero-order valence-corrected chi connectivity index (χ0v) is 16.6. The van der Waals surface area contributed by atoms with E-state index in [1.54, 1.807) is 24.3 Å². The van der Waals surface area contributed by atoms with Gasteiger partial charge in [0.1, 0.15) is 11.9 Å². The standard InChI is InChI=1S/C21H20ClF3N2O3/c22-16-4-6-17(7-5-16)30-18-8-9-27(12-14(18)11-19(26)28)20(29)13-2-1-3-15(10-13)21(23,24)25/h1-7,10,14,18H,8-9,11-12H2,(H2,26,28)/t14-,18-/m0/s1. The third kappa shape index (κ3) is 5.44. The number of nitrogens with two attached hydrogens (primary N) is 1. The van der Waals surface area contributed by atoms with Crippen LogP contribution < -0.4 is 10.5 Å². The van der Waals surface area contributed by atoms with E-state index in [2.05, 4.69) is 0 Å². The minimum atomic E-state index is -4.54. The van der Waals surface area contributed by atoms with Crippen molar-refractivity contribution in [3.8, 4) is 5.75 Å². The Hall–Kier alpha value is -2.74. The molecule has 0 bridgehead atoms. The van der Waals surface area contributed by atoms with Crippen LogP contribution in [-0.2, 0) is 11.0 Å². The topological polar surface area (TPSA) is 72.6 Å². The minimum Gasteiger partial charge on any atom is -0.490 e. The molecule has 0 unspecified atom stereocenters. The van der Waals surface area contributed by atoms with Crippen molar-refractivity contribution in [1.29, 1.82) is 0 Å². The molecule has 1 saturated heterocycles. The Labute approximate surface area is 176 Å². The van der Waals surface area contributed by atoms with Crippen molar-refractivity contribution in [3.63, 3.8) is 0 Å². The highest BCUT2D eigenvalue weighted by Crippen LogP contribution is 2.31. The van der Waals surface area contributed by atoms with Crippen molar-refractivity contribution in [2.24, 2.45) is 11.7 Å². The van der Waals surface area contributed by atoms with Gasteiger partial charge in [-0.1, -0.05) is 17.7 Å². The van der Waals surface area contributed by atoms with Crippen molar-refractivity contribution in [2.75, 3.05) is 13.1 Å². The first-order valence-corrected chi connectivity index (χ1v) is 9.68. The second-order valence-corrected chi connectivity index (χ2v) is 7.60. The number of hydrogen-bond acceptors (Lipinski definition) is 3. The summed E-state index contributed by atoms with van der Waals surface area (Å²) in [4.78, 5) is 25.8. The fourth-order valence-corrected chi connectivity index (χ4v) is 3.63. The quantitative estimate of drug-likeness (QED) is 0.759. The van der Waals surface area contributed by atoms with E-state index in [1.165, 1.54) is 17.0 Å². The summed E-state index contributed by atoms with van der Waals surface area (Å²) in [5.74, 6) is -0.892. The molecule has 160 valence electrons. The summed E-state index contributed by atoms with van der Waals surface area (Å²) >= 11 is 5.87. The molecule has 2 atom stereocenters. The Balaban J connectivity index is 1.75. The molecule has 0 aromatic heterocycles. The molecule has 1 fully saturated rings. The maximum Gasteiger partial charge on any atom is 0.416 e. The highest BCUT2D eigenvalue weighted by molar-refractivity contribution is 6.30. The molecule has 0 radical (unpaired) electrons. The lowest BCUT2D eigenvalue weighted by Gasteiger charge is -2.38. The molecule has 1 heterocycles. The highest BCUT2D eigenvalue weighted by Gasteiger charge is 2.35. The van der Waals surface area contributed by atoms with E-state index in [4.69, 9.17) is 22.1 Å². The van der Waals surface area contributed by atoms with Crippen molar-refractivity contribution >= 4 is 23.4 Å². The number of rotatable bonds is 5. The molecule has 2 amide bonds. The van der Waals surface area contributed by atoms with Gasteiger partial charge in [-0.2, -0.15) is 13.2 Å². The summed E-state index contributed by atoms with van der Waals surface area (Å²) in [6.07, 6.45) is -4.51. The van der Waals surface area contributed by atoms with Gasteiger partial charge in [-0.25, -0.2) is 0 Å². The van der Waals surface area contributed by atoms with Crippen LogP contribution in [0.15, 0.2) is 48.5 Å². The van der Waals surface area contributed by atoms with Gasteiger partial charge in [0.15, 0.2) is 0 Å². The largest absolute Gasteiger partial charge is 0.490 e. The SMILES string of the molecule is NC(=O)C[C@H]1CN(C(=O)c2cccc(C(F)(F)F)c2)CC[C@@H]1Oc1ccc(Cl)cc1. The molecule has 0 aliphatic carbocycles. The van der Waals surface area contributed by atoms with Crippen LogP contribution in [0.5, 0.6) is 5.75 Å². The lowest BCUT2D eigenvalue weighted by atomic mass is 9.90. The number of carbonyl (C=O) groups excluding carboxylic acids is 2. The Bertz CT molecular complexity index is 918. The fourth-order valence-electron chi connectivity index (χ4n) is 3.50. The summed E-state index contributed by atoms with van der Waals surface area (Å²) in [6, 6.07) is 11.0. The van der Waals surface area contributed by atoms with Gasteiger partial charge in [0.05, 0.1) is 5.56 Å². The van der Waals surface area contributed by atoms with Gasteiger partial charge < -0.3 is 15.4 Å². The number of hydrogen-bond donors (Lipinski definition) is 1. The van der Waals surface area contributed by atoms with E-state index in [-0.39, 0.29) is 37.1 Å². The lowest BCUT2D eigenvalue weighted by Crippen LogP contribution is -2.49. The van der Waals surface area contributed by atoms with E-state index in [0.29, 0.717) is 17.2 Å². The van der Waals surface area contributed by atoms with Crippen LogP contribution in [0.4, 0.5) is 13.2 Å². The summed E-state index contributed by atoms with van der Waals surface area (Å²) < 4.78 is 44.9. The zero-order valence-electron chi connectivity index (χ0n) is 15.9. The van der Waals surface area contributed by atoms with Crippen LogP contribution in [0.3, 0.4) is 0 Å². The van der Waals surface area contributed by atoms with E-state index in [1.807, 2.05) is 0 Å². The molecule has 2 aromatic rings. The maximum atomic E-state index is 13.0. The predicted octanol–water partition coefficient (Wildman–Crippen LogP) is 4.14. The van der Waals surface area contributed by atoms with Gasteiger partial charge in [0.2, 0.25) is 5.91 Å². The average Bonchev–Trinajstić information content (AvgIpc) is 2.69. The Kier molecular flexibility index (Phi) is 6.55. The molecular formula is C21H20ClF3N2O3. The van der Waals surface area contributed by atoms with Gasteiger partial charge in [0, 0.05) is 42.4 Å². The lowest BCUT2D eigenvalue weighted by molar-refractivity contribution is -0.137. The molecular weight excluding hydrogens is 421 g/mol. The average molecular weight is 441 g/mol. The molecule has 5 nitrogen and oxygen atoms in total. The Morgan fingerprint density at radius 1 is 1.17 bits per heavy atom. The molecule has 1 aliphatic heterocycles. The van der Waals surface area contributed by atoms with Crippen LogP contribution in [0.2, 0.25) is 5.02 Å². The van der Waals surface area contributed by atoms with Gasteiger partial charge in [-0.3, -0.25) is 9.59 Å². The summed E-state index contributed by atoms with van der Waals surface area (Å²) in [5.41, 5.74) is 4.42. The van der Waals surface area contributed by atoms with E-state index >= 15 is 0 Å². The van der Waals surface area contributed by atoms with E-state index < -0.39 is 23.6 Å². The van der Waals surface area contributed by atoms with Gasteiger partial charge in [-0.15, -0.1) is 0 Å². The van der Waals surface area contributed by atoms with Crippen LogP contribution in [0, 0.1) is 5.92 Å². The van der Waals surface area contributed by atoms with Crippen LogP contribution in [-0.4, -0.2) is 35.9 Å². The molecule has 0 spiro atoms. The van der Waals surface area contributed by atoms with Crippen LogP contribution >= 0.6 is 11.6 Å². The molecule has 2 aromatic carbocycles. The predicted molar refractivity (Wildman–Crippen MR) is 105 cm³/mol. The summed E-state index contributed by atoms with van der Waals surface area (Å²) in [6.45, 7) is 0.429. The van der Waals surface area contributed by atoms with Gasteiger partial charge >= 0.3 is 6.18 Å². The van der Waals surface area contributed by atoms with Crippen LogP contribution in [0.25, 0.3) is 0 Å². The number of amides is 2. The molecule has 1 aliphatic rings. The van der Waals surface area contributed by atoms with Crippen molar-refractivity contribution < 1.29 is 27.5 Å². The summed E-state index contributed by atoms with van der Waals surface area (Å²) in [5, 5.41) is 0.553. The first-order valence-electron chi connectivity index (χ1n) is 9.30. The highest BCUT2D eigenvalue weighted by atomic mass is 35.5. The second kappa shape index (κ2) is 8.95. The minimum absolute atomic E-state index is 0.00930. The van der Waals surface area contributed by atoms with Crippen molar-refractivity contribution in [3.05, 3.63) is 64.7 Å². The molecule has 3 rings (SSSR count). The third-order valence-corrected chi connectivity index (χ3v) is 5.20. The molecule has 2 N–H and O–H groups in total. The third-order valence-electron chi connectivity index (χ3n) is 4.95. The number of carbonyl (C=O) groups is 2. The summed E-state index contributed by atoms with van der Waals surface area (Å²) in [7, 11) is 0. The molecule has 9 heteroatoms. The number of halogens is 4. The zero-order chi connectivity index (χ0) is 21.9. The Morgan fingerprint density at radius 3 is 2.50 bits per heavy atom. The first kappa shape index (κ1) is 22.0. The van der Waals surface area contributed by atoms with Gasteiger partial charge in [-0.05, 0) is 42.5 Å². The number of ether oxygens (including phenoxy) is 1. The number of piperidine rings is 1.